The summed E-state index contributed by atoms with van der Waals surface area (Å²) >= 11 is 0. The first-order valence-electron chi connectivity index (χ1n) is 10.9. The largest absolute Gasteiger partial charge is 0.482 e. The number of hydrogen-bond donors (Lipinski definition) is 4. The Kier molecular flexibility index (Phi) is 7.55. The van der Waals surface area contributed by atoms with Gasteiger partial charge in [-0.05, 0) is 61.5 Å². The van der Waals surface area contributed by atoms with Crippen molar-refractivity contribution in [1.82, 2.24) is 0 Å². The summed E-state index contributed by atoms with van der Waals surface area (Å²) in [6.45, 7) is 1.70. The van der Waals surface area contributed by atoms with Gasteiger partial charge in [0.15, 0.2) is 6.61 Å². The maximum absolute atomic E-state index is 11.0. The highest BCUT2D eigenvalue weighted by atomic mass is 16.5. The normalized spacial score (nSPS) is 29.2. The SMILES string of the molecule is CCCCC[C@H](O)CC[C@@H]1[C@H]2Cc3cccc(OCC(=O)O)c3C(O)[C@H]2C[C@H]1O. The molecule has 6 atom stereocenters. The molecule has 29 heavy (non-hydrogen) atoms. The molecule has 0 bridgehead atoms. The first-order valence-corrected chi connectivity index (χ1v) is 10.9. The van der Waals surface area contributed by atoms with E-state index in [2.05, 4.69) is 6.92 Å². The lowest BCUT2D eigenvalue weighted by Crippen LogP contribution is -2.31. The second-order valence-corrected chi connectivity index (χ2v) is 8.68. The summed E-state index contributed by atoms with van der Waals surface area (Å²) in [5.41, 5.74) is 1.63. The van der Waals surface area contributed by atoms with Gasteiger partial charge in [0.05, 0.1) is 18.3 Å². The molecule has 0 radical (unpaired) electrons. The minimum Gasteiger partial charge on any atom is -0.482 e. The van der Waals surface area contributed by atoms with Gasteiger partial charge in [0.2, 0.25) is 0 Å². The highest BCUT2D eigenvalue weighted by Gasteiger charge is 2.49. The van der Waals surface area contributed by atoms with Crippen LogP contribution in [0.3, 0.4) is 0 Å². The summed E-state index contributed by atoms with van der Waals surface area (Å²) in [6, 6.07) is 5.46. The second kappa shape index (κ2) is 9.92. The van der Waals surface area contributed by atoms with Crippen molar-refractivity contribution in [1.29, 1.82) is 0 Å². The highest BCUT2D eigenvalue weighted by Crippen LogP contribution is 2.53. The van der Waals surface area contributed by atoms with E-state index in [1.165, 1.54) is 0 Å². The molecule has 0 spiro atoms. The zero-order chi connectivity index (χ0) is 21.0. The molecule has 4 N–H and O–H groups in total. The lowest BCUT2D eigenvalue weighted by Gasteiger charge is -2.36. The van der Waals surface area contributed by atoms with E-state index in [4.69, 9.17) is 9.84 Å². The standard InChI is InChI=1S/C23H34O6/c1-2-3-4-7-15(24)9-10-16-17-11-14-6-5-8-20(29-13-21(26)27)22(14)23(28)18(17)12-19(16)25/h5-6,8,15-19,23-25,28H,2-4,7,9-13H2,1H3,(H,26,27)/t15-,16+,17+,18-,19+,23?/m0/s1. The third-order valence-corrected chi connectivity index (χ3v) is 6.75. The zero-order valence-electron chi connectivity index (χ0n) is 17.2. The molecule has 6 nitrogen and oxygen atoms in total. The first kappa shape index (κ1) is 22.1. The van der Waals surface area contributed by atoms with Gasteiger partial charge in [-0.3, -0.25) is 0 Å². The molecule has 0 amide bonds. The van der Waals surface area contributed by atoms with Crippen molar-refractivity contribution in [2.24, 2.45) is 17.8 Å². The predicted octanol–water partition coefficient (Wildman–Crippen LogP) is 3.07. The third kappa shape index (κ3) is 5.11. The van der Waals surface area contributed by atoms with Gasteiger partial charge in [0.25, 0.3) is 0 Å². The molecule has 1 aromatic carbocycles. The lowest BCUT2D eigenvalue weighted by molar-refractivity contribution is -0.139. The number of hydrogen-bond acceptors (Lipinski definition) is 5. The molecular formula is C23H34O6. The molecule has 1 fully saturated rings. The molecule has 162 valence electrons. The fourth-order valence-electron chi connectivity index (χ4n) is 5.30. The van der Waals surface area contributed by atoms with Gasteiger partial charge in [0.1, 0.15) is 5.75 Å². The van der Waals surface area contributed by atoms with Crippen molar-refractivity contribution in [2.75, 3.05) is 6.61 Å². The number of carbonyl (C=O) groups is 1. The van der Waals surface area contributed by atoms with Crippen LogP contribution in [0.2, 0.25) is 0 Å². The average Bonchev–Trinajstić information content (AvgIpc) is 3.00. The quantitative estimate of drug-likeness (QED) is 0.445. The van der Waals surface area contributed by atoms with E-state index in [0.717, 1.165) is 44.1 Å². The number of benzene rings is 1. The van der Waals surface area contributed by atoms with Gasteiger partial charge < -0.3 is 25.2 Å². The molecule has 3 rings (SSSR count). The predicted molar refractivity (Wildman–Crippen MR) is 109 cm³/mol. The van der Waals surface area contributed by atoms with E-state index in [-0.39, 0.29) is 23.9 Å². The van der Waals surface area contributed by atoms with E-state index in [1.54, 1.807) is 6.07 Å². The minimum absolute atomic E-state index is 0.0622. The van der Waals surface area contributed by atoms with Crippen LogP contribution in [0.25, 0.3) is 0 Å². The fourth-order valence-corrected chi connectivity index (χ4v) is 5.30. The van der Waals surface area contributed by atoms with E-state index in [9.17, 15) is 20.1 Å². The van der Waals surface area contributed by atoms with Crippen molar-refractivity contribution >= 4 is 5.97 Å². The molecule has 0 saturated heterocycles. The minimum atomic E-state index is -1.06. The third-order valence-electron chi connectivity index (χ3n) is 6.75. The van der Waals surface area contributed by atoms with Gasteiger partial charge in [-0.2, -0.15) is 0 Å². The molecule has 1 unspecified atom stereocenters. The molecule has 0 aliphatic heterocycles. The molecule has 0 heterocycles. The number of rotatable bonds is 10. The summed E-state index contributed by atoms with van der Waals surface area (Å²) in [7, 11) is 0. The molecule has 1 aromatic rings. The Labute approximate surface area is 172 Å². The summed E-state index contributed by atoms with van der Waals surface area (Å²) in [6.07, 6.45) is 5.20. The molecule has 2 aliphatic rings. The Hall–Kier alpha value is -1.63. The van der Waals surface area contributed by atoms with Gasteiger partial charge in [0, 0.05) is 5.56 Å². The second-order valence-electron chi connectivity index (χ2n) is 8.68. The molecular weight excluding hydrogens is 372 g/mol. The van der Waals surface area contributed by atoms with Crippen LogP contribution < -0.4 is 4.74 Å². The van der Waals surface area contributed by atoms with Gasteiger partial charge in [-0.1, -0.05) is 38.3 Å². The number of carboxylic acid groups (broad SMARTS) is 1. The molecule has 2 aliphatic carbocycles. The van der Waals surface area contributed by atoms with Gasteiger partial charge in [-0.15, -0.1) is 0 Å². The number of aliphatic hydroxyl groups excluding tert-OH is 3. The number of carboxylic acids is 1. The molecule has 0 aromatic heterocycles. The van der Waals surface area contributed by atoms with Crippen molar-refractivity contribution in [3.63, 3.8) is 0 Å². The summed E-state index contributed by atoms with van der Waals surface area (Å²) in [4.78, 5) is 10.9. The van der Waals surface area contributed by atoms with Crippen LogP contribution in [0.5, 0.6) is 5.75 Å². The van der Waals surface area contributed by atoms with Crippen molar-refractivity contribution in [3.05, 3.63) is 29.3 Å². The fraction of sp³-hybridized carbons (Fsp3) is 0.696. The van der Waals surface area contributed by atoms with Crippen LogP contribution in [0, 0.1) is 17.8 Å². The Morgan fingerprint density at radius 1 is 1.21 bits per heavy atom. The summed E-state index contributed by atoms with van der Waals surface area (Å²) in [5, 5.41) is 40.9. The topological polar surface area (TPSA) is 107 Å². The van der Waals surface area contributed by atoms with Crippen LogP contribution >= 0.6 is 0 Å². The van der Waals surface area contributed by atoms with E-state index < -0.39 is 24.8 Å². The summed E-state index contributed by atoms with van der Waals surface area (Å²) < 4.78 is 5.41. The van der Waals surface area contributed by atoms with Crippen molar-refractivity contribution < 1.29 is 30.0 Å². The molecule has 6 heteroatoms. The summed E-state index contributed by atoms with van der Waals surface area (Å²) in [5.74, 6) is -0.494. The van der Waals surface area contributed by atoms with Crippen molar-refractivity contribution in [2.45, 2.75) is 76.6 Å². The maximum Gasteiger partial charge on any atom is 0.341 e. The maximum atomic E-state index is 11.0. The number of unbranched alkanes of at least 4 members (excludes halogenated alkanes) is 2. The Bertz CT molecular complexity index is 690. The Balaban J connectivity index is 1.69. The number of aliphatic hydroxyl groups is 3. The highest BCUT2D eigenvalue weighted by molar-refractivity contribution is 5.68. The zero-order valence-corrected chi connectivity index (χ0v) is 17.2. The number of aliphatic carboxylic acids is 1. The Morgan fingerprint density at radius 3 is 2.72 bits per heavy atom. The number of ether oxygens (including phenoxy) is 1. The van der Waals surface area contributed by atoms with Crippen LogP contribution in [0.1, 0.15) is 69.1 Å². The van der Waals surface area contributed by atoms with Gasteiger partial charge >= 0.3 is 5.97 Å². The molecule has 1 saturated carbocycles. The average molecular weight is 407 g/mol. The van der Waals surface area contributed by atoms with Crippen LogP contribution in [-0.4, -0.2) is 45.2 Å². The Morgan fingerprint density at radius 2 is 2.00 bits per heavy atom. The van der Waals surface area contributed by atoms with E-state index in [1.807, 2.05) is 12.1 Å². The van der Waals surface area contributed by atoms with Crippen LogP contribution in [0.4, 0.5) is 0 Å². The van der Waals surface area contributed by atoms with Gasteiger partial charge in [-0.25, -0.2) is 4.79 Å². The lowest BCUT2D eigenvalue weighted by atomic mass is 9.72. The number of fused-ring (bicyclic) bond motifs is 2. The van der Waals surface area contributed by atoms with Crippen LogP contribution in [0.15, 0.2) is 18.2 Å². The van der Waals surface area contributed by atoms with Crippen molar-refractivity contribution in [3.8, 4) is 5.75 Å². The smallest absolute Gasteiger partial charge is 0.341 e. The van der Waals surface area contributed by atoms with E-state index >= 15 is 0 Å². The first-order chi connectivity index (χ1) is 13.9. The monoisotopic (exact) mass is 406 g/mol. The van der Waals surface area contributed by atoms with Crippen LogP contribution in [-0.2, 0) is 11.2 Å². The van der Waals surface area contributed by atoms with E-state index in [0.29, 0.717) is 24.2 Å².